The van der Waals surface area contributed by atoms with Crippen molar-refractivity contribution in [2.75, 3.05) is 39.2 Å². The maximum atomic E-state index is 12.3. The van der Waals surface area contributed by atoms with Crippen molar-refractivity contribution in [1.82, 2.24) is 4.90 Å². The van der Waals surface area contributed by atoms with E-state index in [1.807, 2.05) is 6.07 Å². The van der Waals surface area contributed by atoms with Crippen molar-refractivity contribution in [3.63, 3.8) is 0 Å². The highest BCUT2D eigenvalue weighted by Crippen LogP contribution is 2.31. The summed E-state index contributed by atoms with van der Waals surface area (Å²) in [4.78, 5) is 25.9. The van der Waals surface area contributed by atoms with Gasteiger partial charge in [0.05, 0.1) is 19.3 Å². The van der Waals surface area contributed by atoms with Gasteiger partial charge in [0.1, 0.15) is 19.0 Å². The van der Waals surface area contributed by atoms with E-state index in [0.29, 0.717) is 41.2 Å². The summed E-state index contributed by atoms with van der Waals surface area (Å²) in [5.74, 6) is 1.14. The first kappa shape index (κ1) is 20.5. The largest absolute Gasteiger partial charge is 0.495 e. The van der Waals surface area contributed by atoms with E-state index in [2.05, 4.69) is 5.32 Å². The van der Waals surface area contributed by atoms with Crippen LogP contribution in [0.4, 0.5) is 5.69 Å². The van der Waals surface area contributed by atoms with Crippen LogP contribution in [0, 0.1) is 0 Å². The molecule has 0 aliphatic carbocycles. The Hall–Kier alpha value is -3.19. The van der Waals surface area contributed by atoms with Crippen LogP contribution in [0.25, 0.3) is 6.08 Å². The molecule has 0 unspecified atom stereocenters. The number of anilines is 1. The molecule has 0 bridgehead atoms. The molecule has 152 valence electrons. The minimum absolute atomic E-state index is 0.125. The summed E-state index contributed by atoms with van der Waals surface area (Å²) >= 11 is 5.96. The highest BCUT2D eigenvalue weighted by atomic mass is 35.5. The molecule has 0 spiro atoms. The first-order valence-corrected chi connectivity index (χ1v) is 9.30. The second kappa shape index (κ2) is 9.34. The molecule has 0 saturated carbocycles. The fourth-order valence-electron chi connectivity index (χ4n) is 2.72. The lowest BCUT2D eigenvalue weighted by Gasteiger charge is -2.18. The molecule has 0 aromatic heterocycles. The smallest absolute Gasteiger partial charge is 0.246 e. The molecule has 2 aromatic carbocycles. The zero-order valence-corrected chi connectivity index (χ0v) is 16.9. The monoisotopic (exact) mass is 416 g/mol. The molecule has 2 amide bonds. The molecule has 1 heterocycles. The number of amides is 2. The third-order valence-corrected chi connectivity index (χ3v) is 4.41. The number of carbonyl (C=O) groups is 2. The normalized spacial score (nSPS) is 12.5. The number of methoxy groups -OCH3 is 1. The van der Waals surface area contributed by atoms with Gasteiger partial charge in [-0.15, -0.1) is 0 Å². The number of nitrogens with zero attached hydrogens (tertiary/aromatic N) is 1. The Labute approximate surface area is 173 Å². The number of rotatable bonds is 6. The first-order valence-electron chi connectivity index (χ1n) is 8.92. The van der Waals surface area contributed by atoms with Crippen molar-refractivity contribution in [1.29, 1.82) is 0 Å². The Kier molecular flexibility index (Phi) is 6.61. The van der Waals surface area contributed by atoms with Gasteiger partial charge in [-0.05, 0) is 42.0 Å². The minimum Gasteiger partial charge on any atom is -0.495 e. The summed E-state index contributed by atoms with van der Waals surface area (Å²) in [6, 6.07) is 10.3. The number of carbonyl (C=O) groups excluding carboxylic acids is 2. The number of ether oxygens (including phenoxy) is 3. The van der Waals surface area contributed by atoms with Crippen molar-refractivity contribution in [2.45, 2.75) is 0 Å². The second-order valence-electron chi connectivity index (χ2n) is 6.32. The molecule has 2 aromatic rings. The van der Waals surface area contributed by atoms with Crippen molar-refractivity contribution < 1.29 is 23.8 Å². The van der Waals surface area contributed by atoms with E-state index < -0.39 is 0 Å². The number of likely N-dealkylation sites (N-methyl/N-ethyl adjacent to an activating group) is 1. The van der Waals surface area contributed by atoms with Crippen molar-refractivity contribution in [3.05, 3.63) is 53.1 Å². The molecule has 0 saturated heterocycles. The first-order chi connectivity index (χ1) is 14.0. The summed E-state index contributed by atoms with van der Waals surface area (Å²) in [7, 11) is 3.04. The predicted octanol–water partition coefficient (Wildman–Crippen LogP) is 3.23. The van der Waals surface area contributed by atoms with E-state index >= 15 is 0 Å². The number of halogens is 1. The molecule has 1 aliphatic heterocycles. The van der Waals surface area contributed by atoms with Crippen LogP contribution in [0.3, 0.4) is 0 Å². The van der Waals surface area contributed by atoms with Gasteiger partial charge in [0.25, 0.3) is 0 Å². The van der Waals surface area contributed by atoms with Crippen LogP contribution in [0.1, 0.15) is 5.56 Å². The third kappa shape index (κ3) is 5.42. The van der Waals surface area contributed by atoms with Crippen LogP contribution in [-0.2, 0) is 9.59 Å². The molecule has 0 radical (unpaired) electrons. The molecule has 0 atom stereocenters. The Balaban J connectivity index is 1.58. The van der Waals surface area contributed by atoms with E-state index in [1.165, 1.54) is 18.1 Å². The average Bonchev–Trinajstić information content (AvgIpc) is 2.71. The Morgan fingerprint density at radius 1 is 1.17 bits per heavy atom. The Morgan fingerprint density at radius 2 is 1.93 bits per heavy atom. The van der Waals surface area contributed by atoms with Crippen LogP contribution in [0.5, 0.6) is 17.2 Å². The van der Waals surface area contributed by atoms with Crippen LogP contribution in [-0.4, -0.2) is 50.6 Å². The Bertz CT molecular complexity index is 945. The van der Waals surface area contributed by atoms with E-state index in [4.69, 9.17) is 25.8 Å². The van der Waals surface area contributed by atoms with Gasteiger partial charge in [0, 0.05) is 18.1 Å². The standard InChI is InChI=1S/C21H21ClN2O5/c1-24(13-20(25)23-16-12-15(22)5-7-17(16)27-2)21(26)8-4-14-3-6-18-19(11-14)29-10-9-28-18/h3-8,11-12H,9-10,13H2,1-2H3,(H,23,25)/b8-4+. The zero-order chi connectivity index (χ0) is 20.8. The lowest BCUT2D eigenvalue weighted by atomic mass is 10.2. The number of hydrogen-bond donors (Lipinski definition) is 1. The molecule has 1 aliphatic rings. The molecule has 29 heavy (non-hydrogen) atoms. The molecule has 8 heteroatoms. The van der Waals surface area contributed by atoms with Gasteiger partial charge >= 0.3 is 0 Å². The van der Waals surface area contributed by atoms with Crippen molar-refractivity contribution in [3.8, 4) is 17.2 Å². The molecule has 3 rings (SSSR count). The van der Waals surface area contributed by atoms with Gasteiger partial charge in [0.2, 0.25) is 11.8 Å². The summed E-state index contributed by atoms with van der Waals surface area (Å²) in [5.41, 5.74) is 1.24. The van der Waals surface area contributed by atoms with Gasteiger partial charge in [-0.2, -0.15) is 0 Å². The lowest BCUT2D eigenvalue weighted by molar-refractivity contribution is -0.129. The highest BCUT2D eigenvalue weighted by Gasteiger charge is 2.14. The van der Waals surface area contributed by atoms with Gasteiger partial charge in [-0.25, -0.2) is 0 Å². The molecule has 1 N–H and O–H groups in total. The molecular formula is C21H21ClN2O5. The summed E-state index contributed by atoms with van der Waals surface area (Å²) in [6.07, 6.45) is 3.06. The van der Waals surface area contributed by atoms with Gasteiger partial charge in [-0.3, -0.25) is 9.59 Å². The predicted molar refractivity (Wildman–Crippen MR) is 111 cm³/mol. The SMILES string of the molecule is COc1ccc(Cl)cc1NC(=O)CN(C)C(=O)/C=C/c1ccc2c(c1)OCCO2. The van der Waals surface area contributed by atoms with Crippen molar-refractivity contribution in [2.24, 2.45) is 0 Å². The quantitative estimate of drug-likeness (QED) is 0.731. The molecule has 7 nitrogen and oxygen atoms in total. The molecule has 0 fully saturated rings. The number of fused-ring (bicyclic) bond motifs is 1. The maximum Gasteiger partial charge on any atom is 0.246 e. The highest BCUT2D eigenvalue weighted by molar-refractivity contribution is 6.31. The number of hydrogen-bond acceptors (Lipinski definition) is 5. The zero-order valence-electron chi connectivity index (χ0n) is 16.1. The fraction of sp³-hybridized carbons (Fsp3) is 0.238. The average molecular weight is 417 g/mol. The molecular weight excluding hydrogens is 396 g/mol. The van der Waals surface area contributed by atoms with Crippen LogP contribution in [0.2, 0.25) is 5.02 Å². The van der Waals surface area contributed by atoms with Gasteiger partial charge in [0.15, 0.2) is 11.5 Å². The van der Waals surface area contributed by atoms with E-state index in [0.717, 1.165) is 5.56 Å². The van der Waals surface area contributed by atoms with Crippen LogP contribution < -0.4 is 19.5 Å². The minimum atomic E-state index is -0.367. The fourth-order valence-corrected chi connectivity index (χ4v) is 2.89. The Morgan fingerprint density at radius 3 is 2.69 bits per heavy atom. The summed E-state index contributed by atoms with van der Waals surface area (Å²) < 4.78 is 16.2. The van der Waals surface area contributed by atoms with Gasteiger partial charge < -0.3 is 24.4 Å². The maximum absolute atomic E-state index is 12.3. The van der Waals surface area contributed by atoms with Gasteiger partial charge in [-0.1, -0.05) is 17.7 Å². The van der Waals surface area contributed by atoms with Crippen LogP contribution in [0.15, 0.2) is 42.5 Å². The number of nitrogens with one attached hydrogen (secondary N) is 1. The topological polar surface area (TPSA) is 77.1 Å². The summed E-state index contributed by atoms with van der Waals surface area (Å²) in [6.45, 7) is 0.892. The second-order valence-corrected chi connectivity index (χ2v) is 6.76. The van der Waals surface area contributed by atoms with E-state index in [1.54, 1.807) is 43.5 Å². The van der Waals surface area contributed by atoms with Crippen molar-refractivity contribution >= 4 is 35.2 Å². The summed E-state index contributed by atoms with van der Waals surface area (Å²) in [5, 5.41) is 3.16. The third-order valence-electron chi connectivity index (χ3n) is 4.18. The van der Waals surface area contributed by atoms with Crippen LogP contribution >= 0.6 is 11.6 Å². The van der Waals surface area contributed by atoms with E-state index in [-0.39, 0.29) is 18.4 Å². The van der Waals surface area contributed by atoms with E-state index in [9.17, 15) is 9.59 Å². The lowest BCUT2D eigenvalue weighted by Crippen LogP contribution is -2.33. The number of benzene rings is 2.